The Morgan fingerprint density at radius 1 is 1.25 bits per heavy atom. The van der Waals surface area contributed by atoms with Crippen LogP contribution in [0.1, 0.15) is 6.92 Å². The summed E-state index contributed by atoms with van der Waals surface area (Å²) in [4.78, 5) is 15.5. The fourth-order valence-electron chi connectivity index (χ4n) is 2.03. The first-order valence-corrected chi connectivity index (χ1v) is 6.72. The Morgan fingerprint density at radius 2 is 2.10 bits per heavy atom. The highest BCUT2D eigenvalue weighted by Crippen LogP contribution is 2.20. The van der Waals surface area contributed by atoms with E-state index >= 15 is 0 Å². The second-order valence-corrected chi connectivity index (χ2v) is 4.42. The molecule has 1 aliphatic heterocycles. The summed E-state index contributed by atoms with van der Waals surface area (Å²) in [6, 6.07) is 1.84. The highest BCUT2D eigenvalue weighted by molar-refractivity contribution is 5.56. The summed E-state index contributed by atoms with van der Waals surface area (Å²) in [5, 5.41) is 3.14. The summed E-state index contributed by atoms with van der Waals surface area (Å²) in [6.45, 7) is 5.75. The van der Waals surface area contributed by atoms with Gasteiger partial charge in [0, 0.05) is 19.6 Å². The van der Waals surface area contributed by atoms with Gasteiger partial charge in [0.1, 0.15) is 6.26 Å². The molecule has 2 aromatic rings. The van der Waals surface area contributed by atoms with Crippen molar-refractivity contribution in [3.63, 3.8) is 0 Å². The molecule has 1 saturated heterocycles. The molecule has 20 heavy (non-hydrogen) atoms. The molecule has 0 bridgehead atoms. The maximum Gasteiger partial charge on any atom is 0.230 e. The lowest BCUT2D eigenvalue weighted by atomic mass is 10.3. The summed E-state index contributed by atoms with van der Waals surface area (Å²) < 4.78 is 10.5. The first-order chi connectivity index (χ1) is 9.86. The standard InChI is InChI=1S/C13H17N5O2/c1-2-14-12-15-11(10-3-6-20-9-10)16-13(17-12)18-4-7-19-8-5-18/h3,6,9H,2,4-5,7-8H2,1H3,(H,14,15,16,17). The van der Waals surface area contributed by atoms with Gasteiger partial charge in [-0.3, -0.25) is 0 Å². The van der Waals surface area contributed by atoms with Crippen LogP contribution in [-0.4, -0.2) is 47.8 Å². The number of rotatable bonds is 4. The van der Waals surface area contributed by atoms with E-state index in [1.54, 1.807) is 12.5 Å². The number of aromatic nitrogens is 3. The Hall–Kier alpha value is -2.15. The average molecular weight is 275 g/mol. The zero-order valence-corrected chi connectivity index (χ0v) is 11.4. The number of nitrogens with zero attached hydrogens (tertiary/aromatic N) is 4. The van der Waals surface area contributed by atoms with Crippen LogP contribution in [0.3, 0.4) is 0 Å². The smallest absolute Gasteiger partial charge is 0.230 e. The third-order valence-electron chi connectivity index (χ3n) is 3.03. The Bertz CT molecular complexity index is 552. The van der Waals surface area contributed by atoms with Crippen molar-refractivity contribution in [1.82, 2.24) is 15.0 Å². The Labute approximate surface area is 117 Å². The number of hydrogen-bond acceptors (Lipinski definition) is 7. The predicted molar refractivity (Wildman–Crippen MR) is 74.7 cm³/mol. The molecule has 1 N–H and O–H groups in total. The van der Waals surface area contributed by atoms with Gasteiger partial charge in [-0.15, -0.1) is 0 Å². The van der Waals surface area contributed by atoms with E-state index < -0.39 is 0 Å². The summed E-state index contributed by atoms with van der Waals surface area (Å²) in [5.74, 6) is 1.88. The lowest BCUT2D eigenvalue weighted by Gasteiger charge is -2.27. The van der Waals surface area contributed by atoms with Crippen LogP contribution in [0.15, 0.2) is 23.0 Å². The molecule has 0 spiro atoms. The Kier molecular flexibility index (Phi) is 3.78. The van der Waals surface area contributed by atoms with Gasteiger partial charge in [-0.05, 0) is 13.0 Å². The third kappa shape index (κ3) is 2.72. The number of ether oxygens (including phenoxy) is 1. The quantitative estimate of drug-likeness (QED) is 0.903. The van der Waals surface area contributed by atoms with Gasteiger partial charge in [0.25, 0.3) is 0 Å². The van der Waals surface area contributed by atoms with Gasteiger partial charge in [-0.1, -0.05) is 0 Å². The van der Waals surface area contributed by atoms with E-state index in [0.717, 1.165) is 25.2 Å². The molecule has 1 aliphatic rings. The van der Waals surface area contributed by atoms with Gasteiger partial charge < -0.3 is 19.4 Å². The molecule has 106 valence electrons. The lowest BCUT2D eigenvalue weighted by Crippen LogP contribution is -2.37. The maximum atomic E-state index is 5.36. The van der Waals surface area contributed by atoms with Gasteiger partial charge >= 0.3 is 0 Å². The van der Waals surface area contributed by atoms with Gasteiger partial charge in [0.2, 0.25) is 11.9 Å². The second-order valence-electron chi connectivity index (χ2n) is 4.42. The van der Waals surface area contributed by atoms with Crippen molar-refractivity contribution in [2.45, 2.75) is 6.92 Å². The zero-order valence-electron chi connectivity index (χ0n) is 11.4. The van der Waals surface area contributed by atoms with E-state index in [1.807, 2.05) is 13.0 Å². The number of morpholine rings is 1. The van der Waals surface area contributed by atoms with E-state index in [-0.39, 0.29) is 0 Å². The van der Waals surface area contributed by atoms with E-state index in [0.29, 0.717) is 30.9 Å². The molecular formula is C13H17N5O2. The second kappa shape index (κ2) is 5.87. The normalized spacial score (nSPS) is 15.3. The first kappa shape index (κ1) is 12.9. The van der Waals surface area contributed by atoms with Gasteiger partial charge in [-0.25, -0.2) is 0 Å². The van der Waals surface area contributed by atoms with Crippen molar-refractivity contribution >= 4 is 11.9 Å². The minimum atomic E-state index is 0.584. The summed E-state index contributed by atoms with van der Waals surface area (Å²) in [5.41, 5.74) is 0.848. The SMILES string of the molecule is CCNc1nc(-c2ccoc2)nc(N2CCOCC2)n1. The molecule has 0 atom stereocenters. The zero-order chi connectivity index (χ0) is 13.8. The number of anilines is 2. The van der Waals surface area contributed by atoms with E-state index in [9.17, 15) is 0 Å². The topological polar surface area (TPSA) is 76.3 Å². The first-order valence-electron chi connectivity index (χ1n) is 6.72. The van der Waals surface area contributed by atoms with Gasteiger partial charge in [-0.2, -0.15) is 15.0 Å². The van der Waals surface area contributed by atoms with Crippen molar-refractivity contribution in [1.29, 1.82) is 0 Å². The largest absolute Gasteiger partial charge is 0.472 e. The fraction of sp³-hybridized carbons (Fsp3) is 0.462. The summed E-state index contributed by atoms with van der Waals surface area (Å²) in [7, 11) is 0. The van der Waals surface area contributed by atoms with Crippen LogP contribution in [0.4, 0.5) is 11.9 Å². The van der Waals surface area contributed by atoms with Crippen LogP contribution in [0.5, 0.6) is 0 Å². The monoisotopic (exact) mass is 275 g/mol. The average Bonchev–Trinajstić information content (AvgIpc) is 3.02. The van der Waals surface area contributed by atoms with Crippen LogP contribution in [-0.2, 0) is 4.74 Å². The molecular weight excluding hydrogens is 258 g/mol. The third-order valence-corrected chi connectivity index (χ3v) is 3.03. The minimum absolute atomic E-state index is 0.584. The summed E-state index contributed by atoms with van der Waals surface area (Å²) in [6.07, 6.45) is 3.24. The molecule has 1 fully saturated rings. The van der Waals surface area contributed by atoms with Crippen molar-refractivity contribution in [3.05, 3.63) is 18.6 Å². The molecule has 0 radical (unpaired) electrons. The van der Waals surface area contributed by atoms with Crippen molar-refractivity contribution < 1.29 is 9.15 Å². The Balaban J connectivity index is 1.95. The molecule has 3 heterocycles. The van der Waals surface area contributed by atoms with E-state index in [2.05, 4.69) is 25.2 Å². The van der Waals surface area contributed by atoms with Crippen LogP contribution in [0.2, 0.25) is 0 Å². The molecule has 0 saturated carbocycles. The van der Waals surface area contributed by atoms with Crippen LogP contribution < -0.4 is 10.2 Å². The number of hydrogen-bond donors (Lipinski definition) is 1. The minimum Gasteiger partial charge on any atom is -0.472 e. The van der Waals surface area contributed by atoms with E-state index in [1.165, 1.54) is 0 Å². The van der Waals surface area contributed by atoms with Crippen LogP contribution in [0, 0.1) is 0 Å². The van der Waals surface area contributed by atoms with Crippen molar-refractivity contribution in [2.75, 3.05) is 43.1 Å². The van der Waals surface area contributed by atoms with Gasteiger partial charge in [0.05, 0.1) is 25.0 Å². The molecule has 0 amide bonds. The van der Waals surface area contributed by atoms with E-state index in [4.69, 9.17) is 9.15 Å². The van der Waals surface area contributed by atoms with Crippen molar-refractivity contribution in [2.24, 2.45) is 0 Å². The van der Waals surface area contributed by atoms with Crippen LogP contribution in [0.25, 0.3) is 11.4 Å². The lowest BCUT2D eigenvalue weighted by molar-refractivity contribution is 0.122. The molecule has 7 nitrogen and oxygen atoms in total. The maximum absolute atomic E-state index is 5.36. The molecule has 7 heteroatoms. The number of furan rings is 1. The highest BCUT2D eigenvalue weighted by Gasteiger charge is 2.17. The van der Waals surface area contributed by atoms with Gasteiger partial charge in [0.15, 0.2) is 5.82 Å². The predicted octanol–water partition coefficient (Wildman–Crippen LogP) is 1.40. The van der Waals surface area contributed by atoms with Crippen molar-refractivity contribution in [3.8, 4) is 11.4 Å². The fourth-order valence-corrected chi connectivity index (χ4v) is 2.03. The molecule has 0 unspecified atom stereocenters. The molecule has 2 aromatic heterocycles. The Morgan fingerprint density at radius 3 is 2.80 bits per heavy atom. The molecule has 0 aromatic carbocycles. The number of nitrogens with one attached hydrogen (secondary N) is 1. The highest BCUT2D eigenvalue weighted by atomic mass is 16.5. The molecule has 0 aliphatic carbocycles. The van der Waals surface area contributed by atoms with Crippen LogP contribution >= 0.6 is 0 Å². The summed E-state index contributed by atoms with van der Waals surface area (Å²) >= 11 is 0. The molecule has 3 rings (SSSR count).